The summed E-state index contributed by atoms with van der Waals surface area (Å²) in [6.45, 7) is 7.38. The fraction of sp³-hybridized carbons (Fsp3) is 0.485. The van der Waals surface area contributed by atoms with E-state index in [-0.39, 0.29) is 11.3 Å². The third-order valence-corrected chi connectivity index (χ3v) is 10.4. The molecule has 2 aromatic carbocycles. The van der Waals surface area contributed by atoms with Gasteiger partial charge in [-0.1, -0.05) is 70.2 Å². The molecule has 3 N–H and O–H groups in total. The van der Waals surface area contributed by atoms with Crippen LogP contribution in [0.5, 0.6) is 5.75 Å². The van der Waals surface area contributed by atoms with Crippen LogP contribution in [-0.4, -0.2) is 55.9 Å². The molecule has 0 spiro atoms. The maximum absolute atomic E-state index is 14.6. The number of aromatic hydroxyl groups is 1. The van der Waals surface area contributed by atoms with Crippen LogP contribution in [0.2, 0.25) is 0 Å². The summed E-state index contributed by atoms with van der Waals surface area (Å²) in [5, 5.41) is 35.5. The number of fused-ring (bicyclic) bond motifs is 3. The Balaban J connectivity index is 1.78. The molecule has 8 atom stereocenters. The first kappa shape index (κ1) is 29.0. The molecule has 3 unspecified atom stereocenters. The second kappa shape index (κ2) is 9.53. The second-order valence-electron chi connectivity index (χ2n) is 12.8. The van der Waals surface area contributed by atoms with Gasteiger partial charge in [-0.3, -0.25) is 24.0 Å². The third-order valence-electron chi connectivity index (χ3n) is 10.4. The van der Waals surface area contributed by atoms with Crippen molar-refractivity contribution >= 4 is 28.9 Å². The van der Waals surface area contributed by atoms with Gasteiger partial charge in [-0.2, -0.15) is 0 Å². The van der Waals surface area contributed by atoms with Gasteiger partial charge in [0.05, 0.1) is 17.6 Å². The minimum Gasteiger partial charge on any atom is -0.507 e. The smallest absolute Gasteiger partial charge is 0.191 e. The highest BCUT2D eigenvalue weighted by atomic mass is 16.3. The Hall–Kier alpha value is -3.49. The van der Waals surface area contributed by atoms with Crippen LogP contribution >= 0.6 is 0 Å². The fourth-order valence-corrected chi connectivity index (χ4v) is 8.57. The molecule has 5 rings (SSSR count). The molecular weight excluding hydrogens is 524 g/mol. The molecule has 0 saturated heterocycles. The van der Waals surface area contributed by atoms with E-state index in [9.17, 15) is 39.3 Å². The van der Waals surface area contributed by atoms with Crippen LogP contribution in [0.4, 0.5) is 0 Å². The lowest BCUT2D eigenvalue weighted by atomic mass is 9.37. The lowest BCUT2D eigenvalue weighted by Gasteiger charge is -2.65. The number of rotatable bonds is 5. The minimum atomic E-state index is -2.97. The van der Waals surface area contributed by atoms with Crippen molar-refractivity contribution in [1.29, 1.82) is 0 Å². The van der Waals surface area contributed by atoms with E-state index in [0.29, 0.717) is 18.4 Å². The molecule has 0 amide bonds. The number of Topliss-reactive ketones (excluding diaryl/α,β-unsaturated/α-hetero) is 5. The Morgan fingerprint density at radius 2 is 1.59 bits per heavy atom. The SMILES string of the molecule is CC(=O)C1C(=O)C(C(C)C)[C@@]2(C)[C@H](O)[C@]3(C)C(C(=O)c4c(O)cccc4[C@H]3CCc3ccccc3)C(=O)[C@@]2(O)C1=O. The normalized spacial score (nSPS) is 36.5. The van der Waals surface area contributed by atoms with Gasteiger partial charge >= 0.3 is 0 Å². The summed E-state index contributed by atoms with van der Waals surface area (Å²) in [7, 11) is 0. The highest BCUT2D eigenvalue weighted by Gasteiger charge is 2.80. The molecule has 216 valence electrons. The van der Waals surface area contributed by atoms with E-state index >= 15 is 0 Å². The zero-order chi connectivity index (χ0) is 30.2. The summed E-state index contributed by atoms with van der Waals surface area (Å²) < 4.78 is 0. The number of phenolic OH excluding ortho intramolecular Hbond substituents is 1. The summed E-state index contributed by atoms with van der Waals surface area (Å²) in [4.78, 5) is 68.9. The third kappa shape index (κ3) is 3.56. The molecule has 8 nitrogen and oxygen atoms in total. The zero-order valence-electron chi connectivity index (χ0n) is 23.9. The first-order valence-electron chi connectivity index (χ1n) is 14.1. The Morgan fingerprint density at radius 1 is 0.951 bits per heavy atom. The maximum Gasteiger partial charge on any atom is 0.191 e. The molecule has 2 fully saturated rings. The quantitative estimate of drug-likeness (QED) is 0.473. The van der Waals surface area contributed by atoms with Crippen LogP contribution in [0.25, 0.3) is 0 Å². The number of carbonyl (C=O) groups excluding carboxylic acids is 5. The number of ketones is 5. The van der Waals surface area contributed by atoms with Crippen molar-refractivity contribution in [3.63, 3.8) is 0 Å². The molecule has 2 aromatic rings. The number of carbonyl (C=O) groups is 5. The first-order valence-corrected chi connectivity index (χ1v) is 14.1. The van der Waals surface area contributed by atoms with Crippen molar-refractivity contribution in [3.8, 4) is 5.75 Å². The van der Waals surface area contributed by atoms with Gasteiger partial charge < -0.3 is 15.3 Å². The number of phenols is 1. The average molecular weight is 561 g/mol. The lowest BCUT2D eigenvalue weighted by Crippen LogP contribution is -2.82. The van der Waals surface area contributed by atoms with E-state index in [0.717, 1.165) is 12.5 Å². The van der Waals surface area contributed by atoms with E-state index in [1.54, 1.807) is 32.9 Å². The molecule has 8 heteroatoms. The molecular formula is C33H36O8. The molecule has 0 bridgehead atoms. The van der Waals surface area contributed by atoms with Gasteiger partial charge in [-0.25, -0.2) is 0 Å². The molecule has 0 aliphatic heterocycles. The molecule has 3 aliphatic carbocycles. The standard InChI is InChI=1S/C33H36O8/c1-16(2)24-26(36)22(17(3)34)28(38)33(41)29(39)25-27(37)23-19(12-9-13-21(23)35)20(15-14-18-10-7-6-8-11-18)31(25,4)30(40)32(24,33)5/h6-13,16,20,22,24-25,30,35,40-41H,14-15H2,1-5H3/t20-,22?,24?,25?,30-,31+,32+,33+/m1/s1. The predicted octanol–water partition coefficient (Wildman–Crippen LogP) is 3.24. The highest BCUT2D eigenvalue weighted by Crippen LogP contribution is 2.67. The van der Waals surface area contributed by atoms with Crippen molar-refractivity contribution in [1.82, 2.24) is 0 Å². The van der Waals surface area contributed by atoms with Crippen LogP contribution < -0.4 is 0 Å². The van der Waals surface area contributed by atoms with Crippen LogP contribution in [0, 0.1) is 34.5 Å². The van der Waals surface area contributed by atoms with Gasteiger partial charge in [0.25, 0.3) is 0 Å². The van der Waals surface area contributed by atoms with Gasteiger partial charge in [0.1, 0.15) is 17.5 Å². The van der Waals surface area contributed by atoms with E-state index in [4.69, 9.17) is 0 Å². The van der Waals surface area contributed by atoms with Gasteiger partial charge in [-0.15, -0.1) is 0 Å². The van der Waals surface area contributed by atoms with Crippen molar-refractivity contribution in [2.24, 2.45) is 34.5 Å². The average Bonchev–Trinajstić information content (AvgIpc) is 2.90. The Morgan fingerprint density at radius 3 is 2.17 bits per heavy atom. The van der Waals surface area contributed by atoms with Crippen LogP contribution in [-0.2, 0) is 25.6 Å². The van der Waals surface area contributed by atoms with Crippen molar-refractivity contribution < 1.29 is 39.3 Å². The number of hydrogen-bond donors (Lipinski definition) is 3. The number of aliphatic hydroxyl groups excluding tert-OH is 1. The number of benzene rings is 2. The van der Waals surface area contributed by atoms with Crippen molar-refractivity contribution in [3.05, 3.63) is 65.2 Å². The monoisotopic (exact) mass is 560 g/mol. The summed E-state index contributed by atoms with van der Waals surface area (Å²) in [6, 6.07) is 14.2. The second-order valence-corrected chi connectivity index (χ2v) is 12.8. The van der Waals surface area contributed by atoms with Crippen LogP contribution in [0.15, 0.2) is 48.5 Å². The molecule has 2 saturated carbocycles. The molecule has 0 aromatic heterocycles. The van der Waals surface area contributed by atoms with Gasteiger partial charge in [0.2, 0.25) is 0 Å². The maximum atomic E-state index is 14.6. The first-order chi connectivity index (χ1) is 19.2. The largest absolute Gasteiger partial charge is 0.507 e. The van der Waals surface area contributed by atoms with Gasteiger partial charge in [0.15, 0.2) is 28.7 Å². The molecule has 41 heavy (non-hydrogen) atoms. The molecule has 0 heterocycles. The van der Waals surface area contributed by atoms with Crippen LogP contribution in [0.1, 0.15) is 68.4 Å². The van der Waals surface area contributed by atoms with Crippen LogP contribution in [0.3, 0.4) is 0 Å². The number of aryl methyl sites for hydroxylation is 1. The van der Waals surface area contributed by atoms with Gasteiger partial charge in [-0.05, 0) is 48.8 Å². The molecule has 3 aliphatic rings. The summed E-state index contributed by atoms with van der Waals surface area (Å²) in [5.41, 5.74) is -5.19. The van der Waals surface area contributed by atoms with Crippen molar-refractivity contribution in [2.75, 3.05) is 0 Å². The Kier molecular flexibility index (Phi) is 6.74. The van der Waals surface area contributed by atoms with E-state index in [2.05, 4.69) is 0 Å². The summed E-state index contributed by atoms with van der Waals surface area (Å²) in [6.07, 6.45) is -0.808. The van der Waals surface area contributed by atoms with E-state index in [1.807, 2.05) is 30.3 Å². The predicted molar refractivity (Wildman–Crippen MR) is 148 cm³/mol. The lowest BCUT2D eigenvalue weighted by molar-refractivity contribution is -0.241. The fourth-order valence-electron chi connectivity index (χ4n) is 8.57. The minimum absolute atomic E-state index is 0.0800. The summed E-state index contributed by atoms with van der Waals surface area (Å²) >= 11 is 0. The van der Waals surface area contributed by atoms with Gasteiger partial charge in [0, 0.05) is 16.7 Å². The highest BCUT2D eigenvalue weighted by molar-refractivity contribution is 6.32. The number of hydrogen-bond acceptors (Lipinski definition) is 8. The zero-order valence-corrected chi connectivity index (χ0v) is 23.9. The van der Waals surface area contributed by atoms with E-state index < -0.39 is 81.0 Å². The Bertz CT molecular complexity index is 1480. The molecule has 0 radical (unpaired) electrons. The topological polar surface area (TPSA) is 146 Å². The Labute approximate surface area is 238 Å². The van der Waals surface area contributed by atoms with Crippen molar-refractivity contribution in [2.45, 2.75) is 65.1 Å². The number of aliphatic hydroxyl groups is 2. The van der Waals surface area contributed by atoms with E-state index in [1.165, 1.54) is 13.0 Å². The summed E-state index contributed by atoms with van der Waals surface area (Å²) in [5.74, 6) is -11.2.